The first-order valence-electron chi connectivity index (χ1n) is 3.89. The van der Waals surface area contributed by atoms with Crippen LogP contribution < -0.4 is 5.73 Å². The predicted octanol–water partition coefficient (Wildman–Crippen LogP) is -1.56. The SMILES string of the molecule is NC1CC(CCO)C(O)C1O. The normalized spacial score (nSPS) is 44.7. The van der Waals surface area contributed by atoms with Crippen LogP contribution in [0.5, 0.6) is 0 Å². The molecule has 1 rings (SSSR count). The molecule has 0 aromatic rings. The highest BCUT2D eigenvalue weighted by atomic mass is 16.3. The average Bonchev–Trinajstić information content (AvgIpc) is 2.19. The molecule has 0 spiro atoms. The molecule has 4 heteroatoms. The van der Waals surface area contributed by atoms with Gasteiger partial charge in [0.25, 0.3) is 0 Å². The summed E-state index contributed by atoms with van der Waals surface area (Å²) in [5.74, 6) is -0.0370. The maximum atomic E-state index is 9.32. The zero-order chi connectivity index (χ0) is 8.43. The topological polar surface area (TPSA) is 86.7 Å². The van der Waals surface area contributed by atoms with Crippen molar-refractivity contribution in [1.29, 1.82) is 0 Å². The highest BCUT2D eigenvalue weighted by molar-refractivity contribution is 4.93. The second kappa shape index (κ2) is 3.49. The van der Waals surface area contributed by atoms with Crippen LogP contribution in [0.1, 0.15) is 12.8 Å². The molecule has 0 aromatic heterocycles. The van der Waals surface area contributed by atoms with Gasteiger partial charge in [-0.25, -0.2) is 0 Å². The van der Waals surface area contributed by atoms with Crippen molar-refractivity contribution in [3.8, 4) is 0 Å². The molecule has 1 saturated carbocycles. The van der Waals surface area contributed by atoms with Crippen LogP contribution in [0.2, 0.25) is 0 Å². The summed E-state index contributed by atoms with van der Waals surface area (Å²) < 4.78 is 0. The Morgan fingerprint density at radius 2 is 1.91 bits per heavy atom. The van der Waals surface area contributed by atoms with Crippen LogP contribution in [0.25, 0.3) is 0 Å². The van der Waals surface area contributed by atoms with Gasteiger partial charge in [-0.2, -0.15) is 0 Å². The fraction of sp³-hybridized carbons (Fsp3) is 1.00. The van der Waals surface area contributed by atoms with Crippen LogP contribution in [0.3, 0.4) is 0 Å². The van der Waals surface area contributed by atoms with Crippen LogP contribution in [-0.2, 0) is 0 Å². The number of aliphatic hydroxyl groups excluding tert-OH is 3. The van der Waals surface area contributed by atoms with Crippen molar-refractivity contribution in [2.24, 2.45) is 11.7 Å². The number of hydrogen-bond acceptors (Lipinski definition) is 4. The van der Waals surface area contributed by atoms with Gasteiger partial charge < -0.3 is 21.1 Å². The number of rotatable bonds is 2. The zero-order valence-corrected chi connectivity index (χ0v) is 6.35. The summed E-state index contributed by atoms with van der Waals surface area (Å²) in [5, 5.41) is 27.1. The minimum atomic E-state index is -0.813. The van der Waals surface area contributed by atoms with Gasteiger partial charge in [-0.3, -0.25) is 0 Å². The van der Waals surface area contributed by atoms with Crippen molar-refractivity contribution in [2.45, 2.75) is 31.1 Å². The molecule has 0 saturated heterocycles. The van der Waals surface area contributed by atoms with Gasteiger partial charge in [-0.15, -0.1) is 0 Å². The smallest absolute Gasteiger partial charge is 0.0952 e. The number of nitrogens with two attached hydrogens (primary N) is 1. The molecule has 0 aliphatic heterocycles. The molecule has 11 heavy (non-hydrogen) atoms. The first-order chi connectivity index (χ1) is 5.16. The van der Waals surface area contributed by atoms with E-state index in [2.05, 4.69) is 0 Å². The van der Waals surface area contributed by atoms with Crippen molar-refractivity contribution >= 4 is 0 Å². The molecular formula is C7H15NO3. The van der Waals surface area contributed by atoms with Crippen LogP contribution in [0, 0.1) is 5.92 Å². The molecule has 0 aromatic carbocycles. The van der Waals surface area contributed by atoms with E-state index >= 15 is 0 Å². The molecule has 5 N–H and O–H groups in total. The molecule has 1 aliphatic rings. The Morgan fingerprint density at radius 1 is 1.27 bits per heavy atom. The average molecular weight is 161 g/mol. The van der Waals surface area contributed by atoms with Gasteiger partial charge in [0.2, 0.25) is 0 Å². The third-order valence-electron chi connectivity index (χ3n) is 2.35. The first kappa shape index (κ1) is 8.93. The summed E-state index contributed by atoms with van der Waals surface area (Å²) in [7, 11) is 0. The highest BCUT2D eigenvalue weighted by Gasteiger charge is 2.38. The van der Waals surface area contributed by atoms with Crippen LogP contribution >= 0.6 is 0 Å². The van der Waals surface area contributed by atoms with E-state index < -0.39 is 12.2 Å². The molecule has 1 aliphatic carbocycles. The van der Waals surface area contributed by atoms with Gasteiger partial charge in [0.15, 0.2) is 0 Å². The Kier molecular flexibility index (Phi) is 2.84. The fourth-order valence-corrected chi connectivity index (χ4v) is 1.61. The number of hydrogen-bond donors (Lipinski definition) is 4. The maximum Gasteiger partial charge on any atom is 0.0952 e. The largest absolute Gasteiger partial charge is 0.396 e. The maximum absolute atomic E-state index is 9.32. The van der Waals surface area contributed by atoms with E-state index in [0.29, 0.717) is 12.8 Å². The van der Waals surface area contributed by atoms with Crippen molar-refractivity contribution in [3.05, 3.63) is 0 Å². The predicted molar refractivity (Wildman–Crippen MR) is 39.8 cm³/mol. The van der Waals surface area contributed by atoms with E-state index in [9.17, 15) is 10.2 Å². The monoisotopic (exact) mass is 161 g/mol. The summed E-state index contributed by atoms with van der Waals surface area (Å²) in [6.45, 7) is 0.0428. The summed E-state index contributed by atoms with van der Waals surface area (Å²) in [6, 6.07) is -0.332. The summed E-state index contributed by atoms with van der Waals surface area (Å²) in [5.41, 5.74) is 5.50. The third-order valence-corrected chi connectivity index (χ3v) is 2.35. The quantitative estimate of drug-likeness (QED) is 0.394. The van der Waals surface area contributed by atoms with E-state index in [1.807, 2.05) is 0 Å². The Balaban J connectivity index is 2.45. The molecule has 0 radical (unpaired) electrons. The van der Waals surface area contributed by atoms with Gasteiger partial charge in [0, 0.05) is 12.6 Å². The van der Waals surface area contributed by atoms with Gasteiger partial charge in [0.1, 0.15) is 0 Å². The second-order valence-corrected chi connectivity index (χ2v) is 3.15. The molecule has 0 bridgehead atoms. The molecule has 4 nitrogen and oxygen atoms in total. The van der Waals surface area contributed by atoms with E-state index in [0.717, 1.165) is 0 Å². The second-order valence-electron chi connectivity index (χ2n) is 3.15. The molecular weight excluding hydrogens is 146 g/mol. The Morgan fingerprint density at radius 3 is 2.27 bits per heavy atom. The molecule has 4 unspecified atom stereocenters. The first-order valence-corrected chi connectivity index (χ1v) is 3.89. The lowest BCUT2D eigenvalue weighted by molar-refractivity contribution is 0.0107. The molecule has 4 atom stereocenters. The van der Waals surface area contributed by atoms with Gasteiger partial charge >= 0.3 is 0 Å². The standard InChI is InChI=1S/C7H15NO3/c8-5-3-4(1-2-9)6(10)7(5)11/h4-7,9-11H,1-3,8H2. The van der Waals surface area contributed by atoms with E-state index in [1.54, 1.807) is 0 Å². The van der Waals surface area contributed by atoms with E-state index in [-0.39, 0.29) is 18.6 Å². The minimum Gasteiger partial charge on any atom is -0.396 e. The van der Waals surface area contributed by atoms with Gasteiger partial charge in [0.05, 0.1) is 12.2 Å². The Labute approximate surface area is 65.6 Å². The third kappa shape index (κ3) is 1.70. The lowest BCUT2D eigenvalue weighted by Crippen LogP contribution is -2.35. The van der Waals surface area contributed by atoms with Crippen molar-refractivity contribution in [3.63, 3.8) is 0 Å². The van der Waals surface area contributed by atoms with Crippen LogP contribution in [-0.4, -0.2) is 40.2 Å². The van der Waals surface area contributed by atoms with Crippen molar-refractivity contribution in [1.82, 2.24) is 0 Å². The Hall–Kier alpha value is -0.160. The lowest BCUT2D eigenvalue weighted by Gasteiger charge is -2.14. The van der Waals surface area contributed by atoms with Crippen LogP contribution in [0.15, 0.2) is 0 Å². The minimum absolute atomic E-state index is 0.0370. The summed E-state index contributed by atoms with van der Waals surface area (Å²) in [6.07, 6.45) is -0.446. The molecule has 66 valence electrons. The van der Waals surface area contributed by atoms with Crippen LogP contribution in [0.4, 0.5) is 0 Å². The van der Waals surface area contributed by atoms with Gasteiger partial charge in [-0.1, -0.05) is 0 Å². The lowest BCUT2D eigenvalue weighted by atomic mass is 10.0. The number of aliphatic hydroxyl groups is 3. The Bertz CT molecular complexity index is 131. The fourth-order valence-electron chi connectivity index (χ4n) is 1.61. The van der Waals surface area contributed by atoms with E-state index in [1.165, 1.54) is 0 Å². The molecule has 0 amide bonds. The van der Waals surface area contributed by atoms with Crippen molar-refractivity contribution < 1.29 is 15.3 Å². The summed E-state index contributed by atoms with van der Waals surface area (Å²) >= 11 is 0. The summed E-state index contributed by atoms with van der Waals surface area (Å²) in [4.78, 5) is 0. The zero-order valence-electron chi connectivity index (χ0n) is 6.35. The molecule has 1 fully saturated rings. The van der Waals surface area contributed by atoms with Gasteiger partial charge in [-0.05, 0) is 18.8 Å². The van der Waals surface area contributed by atoms with E-state index in [4.69, 9.17) is 10.8 Å². The highest BCUT2D eigenvalue weighted by Crippen LogP contribution is 2.27. The molecule has 0 heterocycles. The van der Waals surface area contributed by atoms with Crippen molar-refractivity contribution in [2.75, 3.05) is 6.61 Å².